The molecule has 0 aliphatic rings. The Kier molecular flexibility index (Phi) is 2.91. The van der Waals surface area contributed by atoms with E-state index in [1.165, 1.54) is 24.3 Å². The fraction of sp³-hybridized carbons (Fsp3) is 0.0833. The molecule has 0 spiro atoms. The van der Waals surface area contributed by atoms with E-state index < -0.39 is 11.6 Å². The largest absolute Gasteiger partial charge is 0.436 e. The predicted molar refractivity (Wildman–Crippen MR) is 59.8 cm³/mol. The molecule has 5 heteroatoms. The van der Waals surface area contributed by atoms with E-state index in [0.717, 1.165) is 6.20 Å². The van der Waals surface area contributed by atoms with Crippen molar-refractivity contribution in [3.63, 3.8) is 0 Å². The van der Waals surface area contributed by atoms with E-state index in [2.05, 4.69) is 4.98 Å². The first-order chi connectivity index (χ1) is 8.06. The quantitative estimate of drug-likeness (QED) is 0.815. The van der Waals surface area contributed by atoms with Crippen LogP contribution in [-0.4, -0.2) is 4.98 Å². The first kappa shape index (κ1) is 11.3. The summed E-state index contributed by atoms with van der Waals surface area (Å²) in [6, 6.07) is 5.15. The van der Waals surface area contributed by atoms with Crippen molar-refractivity contribution in [2.75, 3.05) is 5.73 Å². The van der Waals surface area contributed by atoms with Crippen LogP contribution in [0.4, 0.5) is 14.5 Å². The van der Waals surface area contributed by atoms with Gasteiger partial charge < -0.3 is 10.5 Å². The molecule has 88 valence electrons. The van der Waals surface area contributed by atoms with Crippen molar-refractivity contribution in [3.8, 4) is 11.6 Å². The molecule has 1 aromatic carbocycles. The molecular formula is C12H10F2N2O. The molecule has 0 amide bonds. The summed E-state index contributed by atoms with van der Waals surface area (Å²) < 4.78 is 31.3. The first-order valence-electron chi connectivity index (χ1n) is 4.91. The molecule has 17 heavy (non-hydrogen) atoms. The Morgan fingerprint density at radius 1 is 1.24 bits per heavy atom. The van der Waals surface area contributed by atoms with Gasteiger partial charge >= 0.3 is 0 Å². The Bertz CT molecular complexity index is 541. The number of anilines is 1. The van der Waals surface area contributed by atoms with Gasteiger partial charge in [-0.1, -0.05) is 0 Å². The van der Waals surface area contributed by atoms with E-state index in [-0.39, 0.29) is 11.6 Å². The maximum absolute atomic E-state index is 13.5. The summed E-state index contributed by atoms with van der Waals surface area (Å²) in [4.78, 5) is 3.67. The number of benzene rings is 1. The summed E-state index contributed by atoms with van der Waals surface area (Å²) in [6.45, 7) is 1.74. The van der Waals surface area contributed by atoms with Gasteiger partial charge in [0.2, 0.25) is 5.88 Å². The Hall–Kier alpha value is -2.17. The second kappa shape index (κ2) is 4.37. The van der Waals surface area contributed by atoms with E-state index in [9.17, 15) is 8.78 Å². The van der Waals surface area contributed by atoms with E-state index in [0.29, 0.717) is 11.3 Å². The predicted octanol–water partition coefficient (Wildman–Crippen LogP) is 3.04. The number of ether oxygens (including phenoxy) is 1. The number of nitrogen functional groups attached to an aromatic ring is 1. The lowest BCUT2D eigenvalue weighted by Gasteiger charge is -2.08. The molecule has 0 bridgehead atoms. The molecule has 0 aliphatic heterocycles. The molecular weight excluding hydrogens is 226 g/mol. The average Bonchev–Trinajstić information content (AvgIpc) is 2.29. The van der Waals surface area contributed by atoms with Crippen molar-refractivity contribution in [3.05, 3.63) is 47.7 Å². The van der Waals surface area contributed by atoms with Crippen LogP contribution < -0.4 is 10.5 Å². The van der Waals surface area contributed by atoms with Crippen LogP contribution >= 0.6 is 0 Å². The topological polar surface area (TPSA) is 48.1 Å². The Labute approximate surface area is 96.9 Å². The van der Waals surface area contributed by atoms with Gasteiger partial charge in [0.25, 0.3) is 0 Å². The molecule has 2 N–H and O–H groups in total. The fourth-order valence-corrected chi connectivity index (χ4v) is 1.28. The number of aromatic nitrogens is 1. The molecule has 1 heterocycles. The van der Waals surface area contributed by atoms with Crippen molar-refractivity contribution in [2.24, 2.45) is 0 Å². The molecule has 1 aromatic heterocycles. The Morgan fingerprint density at radius 3 is 2.65 bits per heavy atom. The molecule has 0 atom stereocenters. The number of hydrogen-bond acceptors (Lipinski definition) is 3. The van der Waals surface area contributed by atoms with Crippen LogP contribution in [-0.2, 0) is 0 Å². The molecule has 0 unspecified atom stereocenters. The van der Waals surface area contributed by atoms with Gasteiger partial charge in [0.1, 0.15) is 5.82 Å². The van der Waals surface area contributed by atoms with Crippen LogP contribution in [0.5, 0.6) is 11.6 Å². The summed E-state index contributed by atoms with van der Waals surface area (Å²) in [5.74, 6) is -0.934. The van der Waals surface area contributed by atoms with Crippen molar-refractivity contribution in [1.29, 1.82) is 0 Å². The van der Waals surface area contributed by atoms with Crippen molar-refractivity contribution < 1.29 is 13.5 Å². The highest BCUT2D eigenvalue weighted by Crippen LogP contribution is 2.27. The maximum atomic E-state index is 13.5. The van der Waals surface area contributed by atoms with Gasteiger partial charge in [0, 0.05) is 17.8 Å². The fourth-order valence-electron chi connectivity index (χ4n) is 1.28. The van der Waals surface area contributed by atoms with Crippen LogP contribution in [0, 0.1) is 18.6 Å². The standard InChI is InChI=1S/C12H10F2N2O/c1-7-4-11(9(14)5-10(7)15)17-12-3-2-8(13)6-16-12/h2-6H,15H2,1H3. The normalized spacial score (nSPS) is 10.3. The van der Waals surface area contributed by atoms with Gasteiger partial charge in [-0.05, 0) is 24.6 Å². The average molecular weight is 236 g/mol. The smallest absolute Gasteiger partial charge is 0.219 e. The number of halogens is 2. The lowest BCUT2D eigenvalue weighted by Crippen LogP contribution is -1.95. The molecule has 2 aromatic rings. The number of nitrogens with zero attached hydrogens (tertiary/aromatic N) is 1. The van der Waals surface area contributed by atoms with Gasteiger partial charge in [0.15, 0.2) is 11.6 Å². The summed E-state index contributed by atoms with van der Waals surface area (Å²) in [5.41, 5.74) is 6.59. The molecule has 0 fully saturated rings. The molecule has 0 aliphatic carbocycles. The van der Waals surface area contributed by atoms with Gasteiger partial charge in [-0.3, -0.25) is 0 Å². The van der Waals surface area contributed by atoms with Crippen LogP contribution in [0.1, 0.15) is 5.56 Å². The highest BCUT2D eigenvalue weighted by atomic mass is 19.1. The number of rotatable bonds is 2. The van der Waals surface area contributed by atoms with E-state index in [1.807, 2.05) is 0 Å². The zero-order valence-corrected chi connectivity index (χ0v) is 9.08. The van der Waals surface area contributed by atoms with Crippen molar-refractivity contribution >= 4 is 5.69 Å². The van der Waals surface area contributed by atoms with Crippen molar-refractivity contribution in [1.82, 2.24) is 4.98 Å². The van der Waals surface area contributed by atoms with Crippen LogP contribution in [0.3, 0.4) is 0 Å². The monoisotopic (exact) mass is 236 g/mol. The number of nitrogens with two attached hydrogens (primary N) is 1. The minimum absolute atomic E-state index is 0.0100. The minimum Gasteiger partial charge on any atom is -0.436 e. The second-order valence-electron chi connectivity index (χ2n) is 3.56. The highest BCUT2D eigenvalue weighted by molar-refractivity contribution is 5.50. The van der Waals surface area contributed by atoms with E-state index in [1.54, 1.807) is 6.92 Å². The van der Waals surface area contributed by atoms with Gasteiger partial charge in [-0.15, -0.1) is 0 Å². The highest BCUT2D eigenvalue weighted by Gasteiger charge is 2.08. The van der Waals surface area contributed by atoms with Crippen LogP contribution in [0.2, 0.25) is 0 Å². The molecule has 3 nitrogen and oxygen atoms in total. The maximum Gasteiger partial charge on any atom is 0.219 e. The van der Waals surface area contributed by atoms with Crippen LogP contribution in [0.25, 0.3) is 0 Å². The number of aryl methyl sites for hydroxylation is 1. The summed E-state index contributed by atoms with van der Waals surface area (Å²) in [7, 11) is 0. The minimum atomic E-state index is -0.584. The van der Waals surface area contributed by atoms with Gasteiger partial charge in [-0.2, -0.15) is 0 Å². The first-order valence-corrected chi connectivity index (χ1v) is 4.91. The Balaban J connectivity index is 2.30. The molecule has 2 rings (SSSR count). The second-order valence-corrected chi connectivity index (χ2v) is 3.56. The molecule has 0 saturated carbocycles. The lowest BCUT2D eigenvalue weighted by molar-refractivity contribution is 0.425. The summed E-state index contributed by atoms with van der Waals surface area (Å²) in [5, 5.41) is 0. The van der Waals surface area contributed by atoms with Crippen LogP contribution in [0.15, 0.2) is 30.5 Å². The summed E-state index contributed by atoms with van der Waals surface area (Å²) >= 11 is 0. The number of pyridine rings is 1. The van der Waals surface area contributed by atoms with E-state index >= 15 is 0 Å². The van der Waals surface area contributed by atoms with Gasteiger partial charge in [0.05, 0.1) is 6.20 Å². The third-order valence-electron chi connectivity index (χ3n) is 2.24. The lowest BCUT2D eigenvalue weighted by atomic mass is 10.2. The summed E-state index contributed by atoms with van der Waals surface area (Å²) in [6.07, 6.45) is 0.997. The zero-order chi connectivity index (χ0) is 12.4. The SMILES string of the molecule is Cc1cc(Oc2ccc(F)cn2)c(F)cc1N. The zero-order valence-electron chi connectivity index (χ0n) is 9.08. The third kappa shape index (κ3) is 2.50. The van der Waals surface area contributed by atoms with Crippen molar-refractivity contribution in [2.45, 2.75) is 6.92 Å². The van der Waals surface area contributed by atoms with Gasteiger partial charge in [-0.25, -0.2) is 13.8 Å². The third-order valence-corrected chi connectivity index (χ3v) is 2.24. The van der Waals surface area contributed by atoms with E-state index in [4.69, 9.17) is 10.5 Å². The Morgan fingerprint density at radius 2 is 2.00 bits per heavy atom. The number of hydrogen-bond donors (Lipinski definition) is 1. The molecule has 0 saturated heterocycles. The molecule has 0 radical (unpaired) electrons.